The molecule has 3 heterocycles. The average molecular weight is 579 g/mol. The van der Waals surface area contributed by atoms with Crippen LogP contribution in [0.4, 0.5) is 4.39 Å². The van der Waals surface area contributed by atoms with Gasteiger partial charge in [-0.25, -0.2) is 17.5 Å². The minimum Gasteiger partial charge on any atom is -0.495 e. The molecule has 0 bridgehead atoms. The Balaban J connectivity index is 1.44. The zero-order valence-electron chi connectivity index (χ0n) is 21.4. The second-order valence-electron chi connectivity index (χ2n) is 9.80. The summed E-state index contributed by atoms with van der Waals surface area (Å²) in [6, 6.07) is 15.4. The maximum absolute atomic E-state index is 14.2. The van der Waals surface area contributed by atoms with Gasteiger partial charge in [-0.15, -0.1) is 0 Å². The molecule has 2 aromatic carbocycles. The number of Topliss-reactive ketones (excluding diaryl/α,β-unsaturated/α-hetero) is 1. The van der Waals surface area contributed by atoms with Crippen LogP contribution in [0.1, 0.15) is 28.2 Å². The molecule has 40 heavy (non-hydrogen) atoms. The fraction of sp³-hybridized carbons (Fsp3) is 0.207. The summed E-state index contributed by atoms with van der Waals surface area (Å²) in [6.07, 6.45) is 5.71. The topological polar surface area (TPSA) is 94.4 Å². The lowest BCUT2D eigenvalue weighted by atomic mass is 9.65. The highest BCUT2D eigenvalue weighted by atomic mass is 35.5. The Bertz CT molecular complexity index is 1760. The molecule has 1 atom stereocenters. The van der Waals surface area contributed by atoms with E-state index in [-0.39, 0.29) is 46.7 Å². The number of nitrogens with zero attached hydrogens (tertiary/aromatic N) is 4. The summed E-state index contributed by atoms with van der Waals surface area (Å²) >= 11 is 6.25. The van der Waals surface area contributed by atoms with Gasteiger partial charge in [0.15, 0.2) is 5.78 Å². The van der Waals surface area contributed by atoms with E-state index in [0.717, 1.165) is 16.8 Å². The number of pyridine rings is 1. The number of halogens is 2. The normalized spacial score (nSPS) is 18.9. The number of carbonyl (C=O) groups excluding carboxylic acids is 1. The van der Waals surface area contributed by atoms with Gasteiger partial charge in [-0.1, -0.05) is 23.2 Å². The Kier molecular flexibility index (Phi) is 6.56. The molecule has 8 nitrogen and oxygen atoms in total. The van der Waals surface area contributed by atoms with Crippen molar-refractivity contribution < 1.29 is 22.3 Å². The van der Waals surface area contributed by atoms with Gasteiger partial charge < -0.3 is 4.74 Å². The summed E-state index contributed by atoms with van der Waals surface area (Å²) < 4.78 is 49.4. The molecule has 2 aliphatic rings. The van der Waals surface area contributed by atoms with E-state index < -0.39 is 15.4 Å². The maximum Gasteiger partial charge on any atom is 0.243 e. The van der Waals surface area contributed by atoms with Crippen LogP contribution in [0.5, 0.6) is 5.75 Å². The van der Waals surface area contributed by atoms with Crippen molar-refractivity contribution >= 4 is 33.5 Å². The van der Waals surface area contributed by atoms with Gasteiger partial charge in [-0.05, 0) is 79.1 Å². The van der Waals surface area contributed by atoms with Crippen molar-refractivity contribution in [1.82, 2.24) is 19.1 Å². The van der Waals surface area contributed by atoms with Crippen LogP contribution in [-0.4, -0.2) is 53.5 Å². The van der Waals surface area contributed by atoms with Crippen LogP contribution in [-0.2, 0) is 16.4 Å². The fourth-order valence-electron chi connectivity index (χ4n) is 5.51. The molecule has 204 valence electrons. The Morgan fingerprint density at radius 1 is 1.12 bits per heavy atom. The van der Waals surface area contributed by atoms with Gasteiger partial charge in [-0.2, -0.15) is 9.40 Å². The number of methoxy groups -OCH3 is 1. The van der Waals surface area contributed by atoms with E-state index in [9.17, 15) is 17.6 Å². The van der Waals surface area contributed by atoms with Gasteiger partial charge >= 0.3 is 0 Å². The predicted molar refractivity (Wildman–Crippen MR) is 148 cm³/mol. The molecule has 0 spiro atoms. The number of piperidine rings is 1. The molecule has 1 saturated heterocycles. The van der Waals surface area contributed by atoms with Gasteiger partial charge in [-0.3, -0.25) is 9.78 Å². The van der Waals surface area contributed by atoms with Gasteiger partial charge in [0.1, 0.15) is 17.3 Å². The maximum atomic E-state index is 14.2. The summed E-state index contributed by atoms with van der Waals surface area (Å²) in [4.78, 5) is 18.5. The van der Waals surface area contributed by atoms with Crippen molar-refractivity contribution in [3.05, 3.63) is 106 Å². The average Bonchev–Trinajstić information content (AvgIpc) is 3.38. The lowest BCUT2D eigenvalue weighted by Gasteiger charge is -2.44. The molecule has 0 saturated carbocycles. The minimum absolute atomic E-state index is 0.0202. The first-order chi connectivity index (χ1) is 19.2. The molecule has 6 rings (SSSR count). The highest BCUT2D eigenvalue weighted by molar-refractivity contribution is 7.89. The van der Waals surface area contributed by atoms with E-state index >= 15 is 0 Å². The molecule has 2 aromatic heterocycles. The Labute approximate surface area is 235 Å². The third kappa shape index (κ3) is 4.32. The van der Waals surface area contributed by atoms with Gasteiger partial charge in [0.2, 0.25) is 10.0 Å². The van der Waals surface area contributed by atoms with Crippen molar-refractivity contribution in [2.45, 2.75) is 17.7 Å². The quantitative estimate of drug-likeness (QED) is 0.300. The number of sulfonamides is 1. The standard InChI is InChI=1S/C29H24ClFN4O4S/c1-39-27-10-9-23(15-24(27)30)40(37,38)34-13-11-20-14-26-19(17-33-35(26)22-7-5-21(31)6-8-22)16-29(20,18-34)28(36)25-4-2-3-12-32-25/h2-10,12,14-15,17H,11,13,16,18H2,1H3/t29-/m1/s1. The molecule has 4 aromatic rings. The third-order valence-corrected chi connectivity index (χ3v) is 9.68. The first kappa shape index (κ1) is 26.4. The Morgan fingerprint density at radius 2 is 1.93 bits per heavy atom. The largest absolute Gasteiger partial charge is 0.495 e. The monoisotopic (exact) mass is 578 g/mol. The second-order valence-corrected chi connectivity index (χ2v) is 12.1. The number of aromatic nitrogens is 3. The van der Waals surface area contributed by atoms with Crippen molar-refractivity contribution in [1.29, 1.82) is 0 Å². The number of hydrogen-bond donors (Lipinski definition) is 0. The molecule has 1 fully saturated rings. The van der Waals surface area contributed by atoms with Crippen molar-refractivity contribution in [3.63, 3.8) is 0 Å². The zero-order valence-corrected chi connectivity index (χ0v) is 23.0. The molecule has 0 radical (unpaired) electrons. The molecule has 1 aliphatic carbocycles. The number of carbonyl (C=O) groups is 1. The highest BCUT2D eigenvalue weighted by Crippen LogP contribution is 2.47. The third-order valence-electron chi connectivity index (χ3n) is 7.55. The van der Waals surface area contributed by atoms with Crippen LogP contribution >= 0.6 is 11.6 Å². The highest BCUT2D eigenvalue weighted by Gasteiger charge is 2.51. The summed E-state index contributed by atoms with van der Waals surface area (Å²) in [6.45, 7) is 0.108. The van der Waals surface area contributed by atoms with Gasteiger partial charge in [0.25, 0.3) is 0 Å². The smallest absolute Gasteiger partial charge is 0.243 e. The number of benzene rings is 2. The fourth-order valence-corrected chi connectivity index (χ4v) is 7.36. The SMILES string of the molecule is COc1ccc(S(=O)(=O)N2CCC3=Cc4c(cnn4-c4ccc(F)cc4)C[C@@]3(C(=O)c3ccccn3)C2)cc1Cl. The molecule has 1 aliphatic heterocycles. The van der Waals surface area contributed by atoms with Crippen LogP contribution in [0, 0.1) is 11.2 Å². The molecule has 0 amide bonds. The number of hydrogen-bond acceptors (Lipinski definition) is 6. The van der Waals surface area contributed by atoms with Crippen LogP contribution in [0.3, 0.4) is 0 Å². The van der Waals surface area contributed by atoms with E-state index in [0.29, 0.717) is 17.9 Å². The number of fused-ring (bicyclic) bond motifs is 2. The van der Waals surface area contributed by atoms with Gasteiger partial charge in [0, 0.05) is 19.3 Å². The van der Waals surface area contributed by atoms with E-state index in [2.05, 4.69) is 10.1 Å². The summed E-state index contributed by atoms with van der Waals surface area (Å²) in [5, 5.41) is 4.70. The lowest BCUT2D eigenvalue weighted by molar-refractivity contribution is 0.0770. The van der Waals surface area contributed by atoms with E-state index in [1.165, 1.54) is 41.7 Å². The van der Waals surface area contributed by atoms with Crippen LogP contribution < -0.4 is 4.74 Å². The predicted octanol–water partition coefficient (Wildman–Crippen LogP) is 4.97. The molecular weight excluding hydrogens is 555 g/mol. The van der Waals surface area contributed by atoms with Crippen molar-refractivity contribution in [2.24, 2.45) is 5.41 Å². The van der Waals surface area contributed by atoms with E-state index in [4.69, 9.17) is 16.3 Å². The first-order valence-electron chi connectivity index (χ1n) is 12.6. The van der Waals surface area contributed by atoms with Crippen LogP contribution in [0.2, 0.25) is 5.02 Å². The summed E-state index contributed by atoms with van der Waals surface area (Å²) in [7, 11) is -2.54. The van der Waals surface area contributed by atoms with Crippen LogP contribution in [0.25, 0.3) is 11.8 Å². The zero-order chi connectivity index (χ0) is 28.1. The molecule has 0 unspecified atom stereocenters. The first-order valence-corrected chi connectivity index (χ1v) is 14.4. The number of ketones is 1. The van der Waals surface area contributed by atoms with Crippen molar-refractivity contribution in [2.75, 3.05) is 20.2 Å². The van der Waals surface area contributed by atoms with Crippen molar-refractivity contribution in [3.8, 4) is 11.4 Å². The van der Waals surface area contributed by atoms with E-state index in [1.807, 2.05) is 6.08 Å². The number of rotatable bonds is 6. The second kappa shape index (κ2) is 9.96. The Hall–Kier alpha value is -3.86. The molecule has 0 N–H and O–H groups in total. The summed E-state index contributed by atoms with van der Waals surface area (Å²) in [5.74, 6) is -0.244. The number of ether oxygens (including phenoxy) is 1. The van der Waals surface area contributed by atoms with Crippen LogP contribution in [0.15, 0.2) is 83.5 Å². The molecular formula is C29H24ClFN4O4S. The van der Waals surface area contributed by atoms with Gasteiger partial charge in [0.05, 0.1) is 40.0 Å². The minimum atomic E-state index is -4.00. The van der Waals surface area contributed by atoms with E-state index in [1.54, 1.807) is 47.4 Å². The Morgan fingerprint density at radius 3 is 2.62 bits per heavy atom. The molecule has 11 heteroatoms. The summed E-state index contributed by atoms with van der Waals surface area (Å²) in [5.41, 5.74) is 2.13. The lowest BCUT2D eigenvalue weighted by Crippen LogP contribution is -2.53.